The summed E-state index contributed by atoms with van der Waals surface area (Å²) in [5.74, 6) is 1.05. The van der Waals surface area contributed by atoms with E-state index in [1.165, 1.54) is 0 Å². The van der Waals surface area contributed by atoms with Crippen LogP contribution in [0.3, 0.4) is 0 Å². The monoisotopic (exact) mass is 370 g/mol. The minimum absolute atomic E-state index is 0.0204. The van der Waals surface area contributed by atoms with E-state index in [2.05, 4.69) is 15.5 Å². The van der Waals surface area contributed by atoms with E-state index in [1.807, 2.05) is 51.1 Å². The number of carbonyl (C=O) groups is 2. The summed E-state index contributed by atoms with van der Waals surface area (Å²) in [5.41, 5.74) is 0.823. The van der Waals surface area contributed by atoms with Crippen LogP contribution < -0.4 is 5.32 Å². The predicted molar refractivity (Wildman–Crippen MR) is 99.7 cm³/mol. The third-order valence-electron chi connectivity index (χ3n) is 4.58. The van der Waals surface area contributed by atoms with Crippen molar-refractivity contribution in [3.8, 4) is 0 Å². The molecule has 1 aliphatic rings. The second-order valence-electron chi connectivity index (χ2n) is 7.87. The van der Waals surface area contributed by atoms with Gasteiger partial charge >= 0.3 is 0 Å². The van der Waals surface area contributed by atoms with E-state index >= 15 is 0 Å². The van der Waals surface area contributed by atoms with Gasteiger partial charge in [-0.2, -0.15) is 4.98 Å². The number of amides is 2. The van der Waals surface area contributed by atoms with E-state index in [1.54, 1.807) is 4.90 Å². The van der Waals surface area contributed by atoms with Crippen molar-refractivity contribution in [1.29, 1.82) is 0 Å². The second kappa shape index (κ2) is 7.90. The molecular weight excluding hydrogens is 344 g/mol. The SMILES string of the molecule is CC(C)(C)c1nc(CCNC(=O)C2CCC(=O)N2Cc2ccccc2)no1. The van der Waals surface area contributed by atoms with Gasteiger partial charge in [0, 0.05) is 31.3 Å². The van der Waals surface area contributed by atoms with E-state index in [0.717, 1.165) is 5.56 Å². The Labute approximate surface area is 159 Å². The number of aromatic nitrogens is 2. The molecule has 1 saturated heterocycles. The van der Waals surface area contributed by atoms with Crippen molar-refractivity contribution in [3.63, 3.8) is 0 Å². The fraction of sp³-hybridized carbons (Fsp3) is 0.500. The fourth-order valence-electron chi connectivity index (χ4n) is 3.06. The Morgan fingerprint density at radius 2 is 2.04 bits per heavy atom. The van der Waals surface area contributed by atoms with Gasteiger partial charge < -0.3 is 14.7 Å². The predicted octanol–water partition coefficient (Wildman–Crippen LogP) is 2.22. The molecule has 1 atom stereocenters. The highest BCUT2D eigenvalue weighted by molar-refractivity contribution is 5.90. The molecule has 7 nitrogen and oxygen atoms in total. The Hall–Kier alpha value is -2.70. The average molecular weight is 370 g/mol. The van der Waals surface area contributed by atoms with Crippen LogP contribution in [0.1, 0.15) is 50.9 Å². The fourth-order valence-corrected chi connectivity index (χ4v) is 3.06. The number of likely N-dealkylation sites (tertiary alicyclic amines) is 1. The van der Waals surface area contributed by atoms with Gasteiger partial charge in [-0.15, -0.1) is 0 Å². The summed E-state index contributed by atoms with van der Waals surface area (Å²) in [5, 5.41) is 6.86. The first-order chi connectivity index (χ1) is 12.8. The van der Waals surface area contributed by atoms with Crippen molar-refractivity contribution in [2.75, 3.05) is 6.54 Å². The summed E-state index contributed by atoms with van der Waals surface area (Å²) >= 11 is 0. The zero-order chi connectivity index (χ0) is 19.4. The zero-order valence-corrected chi connectivity index (χ0v) is 16.1. The van der Waals surface area contributed by atoms with Crippen molar-refractivity contribution < 1.29 is 14.1 Å². The molecule has 1 N–H and O–H groups in total. The molecule has 0 aliphatic carbocycles. The van der Waals surface area contributed by atoms with E-state index in [9.17, 15) is 9.59 Å². The van der Waals surface area contributed by atoms with Crippen LogP contribution >= 0.6 is 0 Å². The van der Waals surface area contributed by atoms with Crippen molar-refractivity contribution in [3.05, 3.63) is 47.6 Å². The minimum atomic E-state index is -0.423. The molecule has 1 fully saturated rings. The third-order valence-corrected chi connectivity index (χ3v) is 4.58. The number of carbonyl (C=O) groups excluding carboxylic acids is 2. The smallest absolute Gasteiger partial charge is 0.242 e. The summed E-state index contributed by atoms with van der Waals surface area (Å²) in [6, 6.07) is 9.30. The number of hydrogen-bond donors (Lipinski definition) is 1. The third kappa shape index (κ3) is 4.72. The molecule has 1 aromatic heterocycles. The Bertz CT molecular complexity index is 795. The van der Waals surface area contributed by atoms with Crippen molar-refractivity contribution >= 4 is 11.8 Å². The maximum Gasteiger partial charge on any atom is 0.242 e. The van der Waals surface area contributed by atoms with Crippen LogP contribution in [0.5, 0.6) is 0 Å². The van der Waals surface area contributed by atoms with Gasteiger partial charge in [0.1, 0.15) is 6.04 Å². The number of rotatable bonds is 6. The lowest BCUT2D eigenvalue weighted by Gasteiger charge is -2.24. The quantitative estimate of drug-likeness (QED) is 0.842. The molecule has 0 bridgehead atoms. The molecule has 2 aromatic rings. The van der Waals surface area contributed by atoms with E-state index in [4.69, 9.17) is 4.52 Å². The van der Waals surface area contributed by atoms with Crippen LogP contribution in [0.4, 0.5) is 0 Å². The Kier molecular flexibility index (Phi) is 5.58. The van der Waals surface area contributed by atoms with Crippen molar-refractivity contribution in [2.24, 2.45) is 0 Å². The molecule has 144 valence electrons. The van der Waals surface area contributed by atoms with Gasteiger partial charge in [-0.1, -0.05) is 56.3 Å². The summed E-state index contributed by atoms with van der Waals surface area (Å²) in [6.45, 7) is 6.88. The molecule has 27 heavy (non-hydrogen) atoms. The highest BCUT2D eigenvalue weighted by Crippen LogP contribution is 2.22. The maximum absolute atomic E-state index is 12.6. The molecule has 2 heterocycles. The summed E-state index contributed by atoms with van der Waals surface area (Å²) in [7, 11) is 0. The van der Waals surface area contributed by atoms with Crippen molar-refractivity contribution in [1.82, 2.24) is 20.4 Å². The van der Waals surface area contributed by atoms with Gasteiger partial charge in [-0.25, -0.2) is 0 Å². The maximum atomic E-state index is 12.6. The number of hydrogen-bond acceptors (Lipinski definition) is 5. The van der Waals surface area contributed by atoms with Crippen LogP contribution in [0.25, 0.3) is 0 Å². The van der Waals surface area contributed by atoms with Crippen LogP contribution in [-0.2, 0) is 28.0 Å². The van der Waals surface area contributed by atoms with Gasteiger partial charge in [-0.05, 0) is 12.0 Å². The van der Waals surface area contributed by atoms with E-state index in [0.29, 0.717) is 44.1 Å². The standard InChI is InChI=1S/C20H26N4O3/c1-20(2,3)19-22-16(23-27-19)11-12-21-18(26)15-9-10-17(25)24(15)13-14-7-5-4-6-8-14/h4-8,15H,9-13H2,1-3H3,(H,21,26). The van der Waals surface area contributed by atoms with Gasteiger partial charge in [-0.3, -0.25) is 9.59 Å². The summed E-state index contributed by atoms with van der Waals surface area (Å²) < 4.78 is 5.26. The largest absolute Gasteiger partial charge is 0.354 e. The first kappa shape index (κ1) is 19.1. The van der Waals surface area contributed by atoms with Gasteiger partial charge in [0.05, 0.1) is 0 Å². The topological polar surface area (TPSA) is 88.3 Å². The molecular formula is C20H26N4O3. The molecule has 0 spiro atoms. The van der Waals surface area contributed by atoms with Gasteiger partial charge in [0.25, 0.3) is 0 Å². The molecule has 1 aliphatic heterocycles. The van der Waals surface area contributed by atoms with E-state index < -0.39 is 6.04 Å². The number of nitrogens with zero attached hydrogens (tertiary/aromatic N) is 3. The van der Waals surface area contributed by atoms with Crippen LogP contribution in [-0.4, -0.2) is 39.4 Å². The number of benzene rings is 1. The average Bonchev–Trinajstić information content (AvgIpc) is 3.23. The molecule has 2 amide bonds. The molecule has 7 heteroatoms. The molecule has 3 rings (SSSR count). The Morgan fingerprint density at radius 1 is 1.30 bits per heavy atom. The number of nitrogens with one attached hydrogen (secondary N) is 1. The summed E-state index contributed by atoms with van der Waals surface area (Å²) in [4.78, 5) is 30.8. The Morgan fingerprint density at radius 3 is 2.70 bits per heavy atom. The summed E-state index contributed by atoms with van der Waals surface area (Å²) in [6.07, 6.45) is 1.45. The molecule has 0 saturated carbocycles. The molecule has 1 aromatic carbocycles. The first-order valence-corrected chi connectivity index (χ1v) is 9.29. The molecule has 0 radical (unpaired) electrons. The van der Waals surface area contributed by atoms with Gasteiger partial charge in [0.2, 0.25) is 17.7 Å². The van der Waals surface area contributed by atoms with Gasteiger partial charge in [0.15, 0.2) is 5.82 Å². The highest BCUT2D eigenvalue weighted by Gasteiger charge is 2.35. The first-order valence-electron chi connectivity index (χ1n) is 9.29. The van der Waals surface area contributed by atoms with Crippen LogP contribution in [0, 0.1) is 0 Å². The lowest BCUT2D eigenvalue weighted by atomic mass is 9.97. The normalized spacial score (nSPS) is 17.4. The zero-order valence-electron chi connectivity index (χ0n) is 16.1. The van der Waals surface area contributed by atoms with Crippen molar-refractivity contribution in [2.45, 2.75) is 58.0 Å². The van der Waals surface area contributed by atoms with Crippen LogP contribution in [0.2, 0.25) is 0 Å². The van der Waals surface area contributed by atoms with E-state index in [-0.39, 0.29) is 17.2 Å². The second-order valence-corrected chi connectivity index (χ2v) is 7.87. The lowest BCUT2D eigenvalue weighted by Crippen LogP contribution is -2.44. The van der Waals surface area contributed by atoms with Crippen LogP contribution in [0.15, 0.2) is 34.9 Å². The highest BCUT2D eigenvalue weighted by atomic mass is 16.5. The minimum Gasteiger partial charge on any atom is -0.354 e. The lowest BCUT2D eigenvalue weighted by molar-refractivity contribution is -0.135. The molecule has 1 unspecified atom stereocenters. The Balaban J connectivity index is 1.53.